The Bertz CT molecular complexity index is 622. The van der Waals surface area contributed by atoms with Crippen LogP contribution in [0, 0.1) is 0 Å². The molecule has 1 heterocycles. The topological polar surface area (TPSA) is 32.3 Å². The Balaban J connectivity index is 1.91. The minimum absolute atomic E-state index is 0.0511. The van der Waals surface area contributed by atoms with Crippen molar-refractivity contribution in [2.75, 3.05) is 23.3 Å². The van der Waals surface area contributed by atoms with Gasteiger partial charge in [-0.15, -0.1) is 0 Å². The summed E-state index contributed by atoms with van der Waals surface area (Å²) in [4.78, 5) is 14.5. The highest BCUT2D eigenvalue weighted by molar-refractivity contribution is 6.06. The van der Waals surface area contributed by atoms with Crippen LogP contribution >= 0.6 is 0 Å². The number of nitrogens with zero attached hydrogens (tertiary/aromatic N) is 1. The molecule has 1 aliphatic heterocycles. The molecule has 3 heteroatoms. The number of fused-ring (bicyclic) bond motifs is 1. The van der Waals surface area contributed by atoms with E-state index in [1.807, 2.05) is 49.4 Å². The molecular weight excluding hydrogens is 248 g/mol. The van der Waals surface area contributed by atoms with Crippen molar-refractivity contribution < 1.29 is 4.79 Å². The zero-order chi connectivity index (χ0) is 13.9. The fraction of sp³-hybridized carbons (Fsp3) is 0.235. The van der Waals surface area contributed by atoms with E-state index in [4.69, 9.17) is 0 Å². The molecule has 3 nitrogen and oxygen atoms in total. The molecule has 20 heavy (non-hydrogen) atoms. The van der Waals surface area contributed by atoms with Crippen molar-refractivity contribution in [2.45, 2.75) is 13.3 Å². The first kappa shape index (κ1) is 12.7. The molecule has 2 aromatic rings. The standard InChI is InChI=1S/C17H18N2O/c1-2-19(15-6-4-3-5-7-15)17(20)14-9-8-13-10-11-18-16(13)12-14/h3-9,12,18H,2,10-11H2,1H3. The molecule has 1 N–H and O–H groups in total. The summed E-state index contributed by atoms with van der Waals surface area (Å²) in [5, 5.41) is 3.32. The van der Waals surface area contributed by atoms with Crippen LogP contribution in [0.4, 0.5) is 11.4 Å². The summed E-state index contributed by atoms with van der Waals surface area (Å²) >= 11 is 0. The third kappa shape index (κ3) is 2.27. The summed E-state index contributed by atoms with van der Waals surface area (Å²) in [6.07, 6.45) is 1.04. The maximum absolute atomic E-state index is 12.7. The van der Waals surface area contributed by atoms with Crippen molar-refractivity contribution in [1.82, 2.24) is 0 Å². The highest BCUT2D eigenvalue weighted by Crippen LogP contribution is 2.25. The Morgan fingerprint density at radius 3 is 2.75 bits per heavy atom. The largest absolute Gasteiger partial charge is 0.384 e. The van der Waals surface area contributed by atoms with Crippen LogP contribution in [0.3, 0.4) is 0 Å². The molecule has 0 atom stereocenters. The normalized spacial score (nSPS) is 12.7. The molecule has 0 radical (unpaired) electrons. The first-order chi connectivity index (χ1) is 9.79. The molecule has 0 aromatic heterocycles. The first-order valence-electron chi connectivity index (χ1n) is 7.03. The van der Waals surface area contributed by atoms with Crippen LogP contribution in [0.15, 0.2) is 48.5 Å². The molecule has 0 saturated heterocycles. The van der Waals surface area contributed by atoms with Gasteiger partial charge in [-0.1, -0.05) is 24.3 Å². The predicted octanol–water partition coefficient (Wildman–Crippen LogP) is 3.32. The van der Waals surface area contributed by atoms with Crippen LogP contribution in [0.5, 0.6) is 0 Å². The zero-order valence-corrected chi connectivity index (χ0v) is 11.6. The van der Waals surface area contributed by atoms with E-state index in [0.717, 1.165) is 29.9 Å². The summed E-state index contributed by atoms with van der Waals surface area (Å²) in [7, 11) is 0. The van der Waals surface area contributed by atoms with Crippen LogP contribution in [0.1, 0.15) is 22.8 Å². The van der Waals surface area contributed by atoms with Crippen LogP contribution in [-0.4, -0.2) is 19.0 Å². The van der Waals surface area contributed by atoms with E-state index < -0.39 is 0 Å². The molecule has 1 aliphatic rings. The molecule has 102 valence electrons. The number of para-hydroxylation sites is 1. The van der Waals surface area contributed by atoms with E-state index in [1.54, 1.807) is 4.90 Å². The van der Waals surface area contributed by atoms with E-state index in [0.29, 0.717) is 6.54 Å². The zero-order valence-electron chi connectivity index (χ0n) is 11.6. The second-order valence-corrected chi connectivity index (χ2v) is 4.93. The first-order valence-corrected chi connectivity index (χ1v) is 7.03. The lowest BCUT2D eigenvalue weighted by atomic mass is 10.1. The second kappa shape index (κ2) is 5.37. The maximum atomic E-state index is 12.7. The number of benzene rings is 2. The van der Waals surface area contributed by atoms with Crippen LogP contribution < -0.4 is 10.2 Å². The number of nitrogens with one attached hydrogen (secondary N) is 1. The number of rotatable bonds is 3. The lowest BCUT2D eigenvalue weighted by molar-refractivity contribution is 0.0988. The lowest BCUT2D eigenvalue weighted by Crippen LogP contribution is -2.30. The SMILES string of the molecule is CCN(C(=O)c1ccc2c(c1)NCC2)c1ccccc1. The number of anilines is 2. The van der Waals surface area contributed by atoms with Gasteiger partial charge in [-0.25, -0.2) is 0 Å². The minimum Gasteiger partial charge on any atom is -0.384 e. The highest BCUT2D eigenvalue weighted by atomic mass is 16.2. The maximum Gasteiger partial charge on any atom is 0.258 e. The quantitative estimate of drug-likeness (QED) is 0.924. The third-order valence-electron chi connectivity index (χ3n) is 3.70. The summed E-state index contributed by atoms with van der Waals surface area (Å²) < 4.78 is 0. The van der Waals surface area contributed by atoms with Gasteiger partial charge in [-0.05, 0) is 43.2 Å². The van der Waals surface area contributed by atoms with Gasteiger partial charge in [0, 0.05) is 30.0 Å². The van der Waals surface area contributed by atoms with E-state index in [1.165, 1.54) is 5.56 Å². The van der Waals surface area contributed by atoms with Gasteiger partial charge in [-0.3, -0.25) is 4.79 Å². The van der Waals surface area contributed by atoms with Crippen molar-refractivity contribution in [3.63, 3.8) is 0 Å². The molecule has 0 spiro atoms. The van der Waals surface area contributed by atoms with Crippen molar-refractivity contribution in [3.8, 4) is 0 Å². The van der Waals surface area contributed by atoms with Crippen molar-refractivity contribution in [2.24, 2.45) is 0 Å². The molecule has 0 saturated carbocycles. The number of carbonyl (C=O) groups excluding carboxylic acids is 1. The molecule has 0 fully saturated rings. The van der Waals surface area contributed by atoms with Crippen molar-refractivity contribution in [3.05, 3.63) is 59.7 Å². The molecule has 0 unspecified atom stereocenters. The van der Waals surface area contributed by atoms with Crippen LogP contribution in [0.2, 0.25) is 0 Å². The Hall–Kier alpha value is -2.29. The fourth-order valence-corrected chi connectivity index (χ4v) is 2.63. The van der Waals surface area contributed by atoms with Gasteiger partial charge in [0.1, 0.15) is 0 Å². The summed E-state index contributed by atoms with van der Waals surface area (Å²) in [5.41, 5.74) is 4.07. The monoisotopic (exact) mass is 266 g/mol. The Labute approximate surface area is 119 Å². The Morgan fingerprint density at radius 2 is 2.00 bits per heavy atom. The summed E-state index contributed by atoms with van der Waals surface area (Å²) in [6.45, 7) is 3.62. The van der Waals surface area contributed by atoms with Gasteiger partial charge in [0.25, 0.3) is 5.91 Å². The molecule has 2 aromatic carbocycles. The van der Waals surface area contributed by atoms with Gasteiger partial charge in [0.2, 0.25) is 0 Å². The van der Waals surface area contributed by atoms with Crippen molar-refractivity contribution in [1.29, 1.82) is 0 Å². The van der Waals surface area contributed by atoms with Gasteiger partial charge in [-0.2, -0.15) is 0 Å². The highest BCUT2D eigenvalue weighted by Gasteiger charge is 2.18. The number of hydrogen-bond donors (Lipinski definition) is 1. The van der Waals surface area contributed by atoms with Crippen LogP contribution in [-0.2, 0) is 6.42 Å². The van der Waals surface area contributed by atoms with Crippen molar-refractivity contribution >= 4 is 17.3 Å². The second-order valence-electron chi connectivity index (χ2n) is 4.93. The number of carbonyl (C=O) groups is 1. The van der Waals surface area contributed by atoms with E-state index in [2.05, 4.69) is 11.4 Å². The average Bonchev–Trinajstić information content (AvgIpc) is 2.96. The molecule has 3 rings (SSSR count). The third-order valence-corrected chi connectivity index (χ3v) is 3.70. The fourth-order valence-electron chi connectivity index (χ4n) is 2.63. The van der Waals surface area contributed by atoms with E-state index in [-0.39, 0.29) is 5.91 Å². The smallest absolute Gasteiger partial charge is 0.258 e. The average molecular weight is 266 g/mol. The van der Waals surface area contributed by atoms with E-state index in [9.17, 15) is 4.79 Å². The molecule has 0 bridgehead atoms. The number of amides is 1. The minimum atomic E-state index is 0.0511. The Morgan fingerprint density at radius 1 is 1.20 bits per heavy atom. The van der Waals surface area contributed by atoms with Gasteiger partial charge >= 0.3 is 0 Å². The molecular formula is C17H18N2O. The molecule has 0 aliphatic carbocycles. The van der Waals surface area contributed by atoms with Gasteiger partial charge in [0.15, 0.2) is 0 Å². The number of hydrogen-bond acceptors (Lipinski definition) is 2. The van der Waals surface area contributed by atoms with Gasteiger partial charge in [0.05, 0.1) is 0 Å². The summed E-state index contributed by atoms with van der Waals surface area (Å²) in [6, 6.07) is 15.8. The predicted molar refractivity (Wildman–Crippen MR) is 82.4 cm³/mol. The Kier molecular flexibility index (Phi) is 3.42. The lowest BCUT2D eigenvalue weighted by Gasteiger charge is -2.21. The molecule has 1 amide bonds. The summed E-state index contributed by atoms with van der Waals surface area (Å²) in [5.74, 6) is 0.0511. The van der Waals surface area contributed by atoms with Gasteiger partial charge < -0.3 is 10.2 Å². The van der Waals surface area contributed by atoms with Crippen LogP contribution in [0.25, 0.3) is 0 Å². The van der Waals surface area contributed by atoms with E-state index >= 15 is 0 Å².